The van der Waals surface area contributed by atoms with Gasteiger partial charge in [0.25, 0.3) is 0 Å². The molecule has 1 fully saturated rings. The van der Waals surface area contributed by atoms with Crippen LogP contribution in [0, 0.1) is 6.92 Å². The van der Waals surface area contributed by atoms with Crippen LogP contribution in [0.15, 0.2) is 24.3 Å². The number of aliphatic hydroxyl groups is 1. The van der Waals surface area contributed by atoms with E-state index in [0.29, 0.717) is 0 Å². The third-order valence-corrected chi connectivity index (χ3v) is 4.69. The van der Waals surface area contributed by atoms with E-state index in [2.05, 4.69) is 11.4 Å². The van der Waals surface area contributed by atoms with E-state index in [-0.39, 0.29) is 5.91 Å². The quantitative estimate of drug-likeness (QED) is 0.887. The molecule has 1 aromatic rings. The Morgan fingerprint density at radius 1 is 1.40 bits per heavy atom. The second-order valence-electron chi connectivity index (χ2n) is 6.66. The van der Waals surface area contributed by atoms with Crippen LogP contribution in [0.2, 0.25) is 0 Å². The van der Waals surface area contributed by atoms with Crippen molar-refractivity contribution in [2.45, 2.75) is 64.0 Å². The summed E-state index contributed by atoms with van der Waals surface area (Å²) in [5.74, 6) is 0.0419. The van der Waals surface area contributed by atoms with Crippen LogP contribution in [0.5, 0.6) is 0 Å². The molecule has 1 aromatic carbocycles. The van der Waals surface area contributed by atoms with Crippen molar-refractivity contribution in [3.05, 3.63) is 35.4 Å². The third-order valence-electron chi connectivity index (χ3n) is 4.69. The van der Waals surface area contributed by atoms with Gasteiger partial charge in [0, 0.05) is 0 Å². The van der Waals surface area contributed by atoms with E-state index in [1.165, 1.54) is 5.56 Å². The molecule has 1 atom stereocenters. The van der Waals surface area contributed by atoms with Crippen molar-refractivity contribution >= 4 is 5.91 Å². The fourth-order valence-electron chi connectivity index (χ4n) is 2.64. The van der Waals surface area contributed by atoms with Crippen molar-refractivity contribution in [1.82, 2.24) is 5.32 Å². The van der Waals surface area contributed by atoms with Gasteiger partial charge < -0.3 is 10.4 Å². The van der Waals surface area contributed by atoms with Crippen molar-refractivity contribution in [2.75, 3.05) is 0 Å². The highest BCUT2D eigenvalue weighted by Crippen LogP contribution is 2.44. The largest absolute Gasteiger partial charge is 0.391 e. The molecule has 2 rings (SSSR count). The summed E-state index contributed by atoms with van der Waals surface area (Å²) in [5.41, 5.74) is 1.26. The molecule has 3 heteroatoms. The summed E-state index contributed by atoms with van der Waals surface area (Å²) in [6.45, 7) is 7.48. The predicted molar refractivity (Wildman–Crippen MR) is 80.6 cm³/mol. The Morgan fingerprint density at radius 3 is 2.50 bits per heavy atom. The van der Waals surface area contributed by atoms with Crippen molar-refractivity contribution in [3.63, 3.8) is 0 Å². The highest BCUT2D eigenvalue weighted by molar-refractivity contribution is 5.89. The minimum Gasteiger partial charge on any atom is -0.391 e. The Labute approximate surface area is 121 Å². The lowest BCUT2D eigenvalue weighted by Crippen LogP contribution is -2.58. The minimum atomic E-state index is -0.608. The van der Waals surface area contributed by atoms with Crippen LogP contribution in [-0.4, -0.2) is 22.7 Å². The molecule has 0 radical (unpaired) electrons. The van der Waals surface area contributed by atoms with Crippen molar-refractivity contribution in [3.8, 4) is 0 Å². The van der Waals surface area contributed by atoms with Gasteiger partial charge in [0.05, 0.1) is 17.1 Å². The zero-order chi connectivity index (χ0) is 15.0. The van der Waals surface area contributed by atoms with Crippen molar-refractivity contribution in [2.24, 2.45) is 0 Å². The average molecular weight is 275 g/mol. The molecule has 0 heterocycles. The van der Waals surface area contributed by atoms with Crippen LogP contribution < -0.4 is 5.32 Å². The number of carbonyl (C=O) groups excluding carboxylic acids is 1. The topological polar surface area (TPSA) is 49.3 Å². The van der Waals surface area contributed by atoms with E-state index in [1.54, 1.807) is 6.92 Å². The second-order valence-corrected chi connectivity index (χ2v) is 6.66. The molecular weight excluding hydrogens is 250 g/mol. The highest BCUT2D eigenvalue weighted by Gasteiger charge is 2.47. The summed E-state index contributed by atoms with van der Waals surface area (Å²) in [5, 5.41) is 12.8. The number of aliphatic hydroxyl groups excluding tert-OH is 1. The molecule has 110 valence electrons. The monoisotopic (exact) mass is 275 g/mol. The molecule has 1 aliphatic rings. The summed E-state index contributed by atoms with van der Waals surface area (Å²) in [4.78, 5) is 12.8. The van der Waals surface area contributed by atoms with Gasteiger partial charge in [0.1, 0.15) is 0 Å². The summed E-state index contributed by atoms with van der Waals surface area (Å²) in [6.07, 6.45) is 2.27. The van der Waals surface area contributed by atoms with Crippen molar-refractivity contribution < 1.29 is 9.90 Å². The number of nitrogens with one attached hydrogen (secondary N) is 1. The van der Waals surface area contributed by atoms with Crippen molar-refractivity contribution in [1.29, 1.82) is 0 Å². The summed E-state index contributed by atoms with van der Waals surface area (Å²) < 4.78 is 0. The van der Waals surface area contributed by atoms with Gasteiger partial charge in [-0.05, 0) is 46.1 Å². The second kappa shape index (κ2) is 5.21. The smallest absolute Gasteiger partial charge is 0.231 e. The fraction of sp³-hybridized carbons (Fsp3) is 0.588. The molecule has 1 amide bonds. The van der Waals surface area contributed by atoms with E-state index >= 15 is 0 Å². The molecular formula is C17H25NO2. The van der Waals surface area contributed by atoms with Gasteiger partial charge in [-0.2, -0.15) is 0 Å². The van der Waals surface area contributed by atoms with Crippen LogP contribution in [0.3, 0.4) is 0 Å². The van der Waals surface area contributed by atoms with Gasteiger partial charge in [-0.15, -0.1) is 0 Å². The molecule has 20 heavy (non-hydrogen) atoms. The van der Waals surface area contributed by atoms with E-state index in [9.17, 15) is 9.90 Å². The van der Waals surface area contributed by atoms with Gasteiger partial charge in [-0.1, -0.05) is 36.2 Å². The lowest BCUT2D eigenvalue weighted by molar-refractivity contribution is -0.133. The number of carbonyl (C=O) groups is 1. The highest BCUT2D eigenvalue weighted by atomic mass is 16.3. The fourth-order valence-corrected chi connectivity index (χ4v) is 2.64. The van der Waals surface area contributed by atoms with Gasteiger partial charge in [0.2, 0.25) is 5.91 Å². The third kappa shape index (κ3) is 2.59. The molecule has 0 aliphatic heterocycles. The first-order valence-corrected chi connectivity index (χ1v) is 7.36. The van der Waals surface area contributed by atoms with Crippen LogP contribution >= 0.6 is 0 Å². The van der Waals surface area contributed by atoms with E-state index in [0.717, 1.165) is 24.8 Å². The summed E-state index contributed by atoms with van der Waals surface area (Å²) >= 11 is 0. The van der Waals surface area contributed by atoms with Crippen LogP contribution in [-0.2, 0) is 10.2 Å². The average Bonchev–Trinajstić information content (AvgIpc) is 2.26. The first-order valence-electron chi connectivity index (χ1n) is 7.36. The number of hydrogen-bond acceptors (Lipinski definition) is 2. The molecule has 3 nitrogen and oxygen atoms in total. The van der Waals surface area contributed by atoms with E-state index in [1.807, 2.05) is 39.0 Å². The first kappa shape index (κ1) is 15.0. The maximum absolute atomic E-state index is 12.8. The summed E-state index contributed by atoms with van der Waals surface area (Å²) in [6, 6.07) is 8.21. The number of hydrogen-bond donors (Lipinski definition) is 2. The molecule has 1 saturated carbocycles. The van der Waals surface area contributed by atoms with Crippen LogP contribution in [0.25, 0.3) is 0 Å². The Kier molecular flexibility index (Phi) is 3.92. The first-order chi connectivity index (χ1) is 9.28. The number of amides is 1. The Balaban J connectivity index is 2.26. The normalized spacial score (nSPS) is 19.1. The molecule has 1 aliphatic carbocycles. The van der Waals surface area contributed by atoms with E-state index < -0.39 is 17.1 Å². The minimum absolute atomic E-state index is 0.0419. The van der Waals surface area contributed by atoms with Gasteiger partial charge >= 0.3 is 0 Å². The maximum atomic E-state index is 12.8. The Morgan fingerprint density at radius 2 is 2.05 bits per heavy atom. The van der Waals surface area contributed by atoms with Gasteiger partial charge in [0.15, 0.2) is 0 Å². The van der Waals surface area contributed by atoms with Crippen LogP contribution in [0.1, 0.15) is 51.2 Å². The molecule has 0 aromatic heterocycles. The molecule has 0 bridgehead atoms. The van der Waals surface area contributed by atoms with Crippen LogP contribution in [0.4, 0.5) is 0 Å². The Bertz CT molecular complexity index is 501. The summed E-state index contributed by atoms with van der Waals surface area (Å²) in [7, 11) is 0. The van der Waals surface area contributed by atoms with Gasteiger partial charge in [-0.25, -0.2) is 0 Å². The SMILES string of the molecule is Cc1cccc(C2(C(=O)NC(C)(C)C(C)O)CCC2)c1. The molecule has 0 saturated heterocycles. The molecule has 0 spiro atoms. The van der Waals surface area contributed by atoms with Gasteiger partial charge in [-0.3, -0.25) is 4.79 Å². The van der Waals surface area contributed by atoms with E-state index in [4.69, 9.17) is 0 Å². The lowest BCUT2D eigenvalue weighted by Gasteiger charge is -2.43. The lowest BCUT2D eigenvalue weighted by atomic mass is 9.63. The zero-order valence-corrected chi connectivity index (χ0v) is 12.9. The number of aryl methyl sites for hydroxylation is 1. The Hall–Kier alpha value is -1.35. The zero-order valence-electron chi connectivity index (χ0n) is 12.9. The standard InChI is InChI=1S/C17H25NO2/c1-12-7-5-8-14(11-12)17(9-6-10-17)15(20)18-16(3,4)13(2)19/h5,7-8,11,13,19H,6,9-10H2,1-4H3,(H,18,20). The molecule has 1 unspecified atom stereocenters. The number of rotatable bonds is 4. The number of benzene rings is 1. The molecule has 2 N–H and O–H groups in total. The predicted octanol–water partition coefficient (Wildman–Crippen LogP) is 2.69. The maximum Gasteiger partial charge on any atom is 0.231 e.